The molecule has 2 aromatic heterocycles. The minimum absolute atomic E-state index is 0.201. The number of hydrogen-bond donors (Lipinski definition) is 0. The van der Waals surface area contributed by atoms with Crippen LogP contribution in [0.3, 0.4) is 0 Å². The zero-order valence-corrected chi connectivity index (χ0v) is 16.2. The van der Waals surface area contributed by atoms with Gasteiger partial charge in [-0.3, -0.25) is 19.3 Å². The molecule has 0 aromatic carbocycles. The lowest BCUT2D eigenvalue weighted by Gasteiger charge is -2.10. The van der Waals surface area contributed by atoms with Crippen molar-refractivity contribution >= 4 is 35.0 Å². The van der Waals surface area contributed by atoms with Gasteiger partial charge in [-0.15, -0.1) is 0 Å². The molecule has 142 valence electrons. The van der Waals surface area contributed by atoms with E-state index in [-0.39, 0.29) is 13.2 Å². The van der Waals surface area contributed by atoms with E-state index in [9.17, 15) is 14.4 Å². The lowest BCUT2D eigenvalue weighted by atomic mass is 10.2. The number of nitrogens with zero attached hydrogens (tertiary/aromatic N) is 2. The van der Waals surface area contributed by atoms with Gasteiger partial charge in [0.05, 0.1) is 24.3 Å². The summed E-state index contributed by atoms with van der Waals surface area (Å²) >= 11 is 0.829. The van der Waals surface area contributed by atoms with Gasteiger partial charge < -0.3 is 13.7 Å². The molecule has 8 heteroatoms. The molecule has 0 N–H and O–H groups in total. The lowest BCUT2D eigenvalue weighted by Crippen LogP contribution is -2.34. The van der Waals surface area contributed by atoms with Crippen LogP contribution in [0.15, 0.2) is 33.8 Å². The lowest BCUT2D eigenvalue weighted by molar-refractivity contribution is -0.145. The van der Waals surface area contributed by atoms with E-state index in [4.69, 9.17) is 9.15 Å². The Morgan fingerprint density at radius 1 is 1.33 bits per heavy atom. The van der Waals surface area contributed by atoms with E-state index in [1.807, 2.05) is 32.0 Å². The first-order valence-electron chi connectivity index (χ1n) is 8.50. The van der Waals surface area contributed by atoms with Gasteiger partial charge in [0, 0.05) is 11.4 Å². The normalized spacial score (nSPS) is 15.8. The van der Waals surface area contributed by atoms with Crippen LogP contribution < -0.4 is 0 Å². The molecule has 0 bridgehead atoms. The maximum Gasteiger partial charge on any atom is 0.326 e. The largest absolute Gasteiger partial charge is 0.467 e. The molecule has 3 rings (SSSR count). The average Bonchev–Trinajstić information content (AvgIpc) is 3.29. The van der Waals surface area contributed by atoms with Crippen molar-refractivity contribution in [2.24, 2.45) is 0 Å². The number of imide groups is 1. The summed E-state index contributed by atoms with van der Waals surface area (Å²) in [4.78, 5) is 37.4. The molecule has 0 unspecified atom stereocenters. The molecule has 2 amide bonds. The number of amides is 2. The quantitative estimate of drug-likeness (QED) is 0.558. The molecule has 0 radical (unpaired) electrons. The smallest absolute Gasteiger partial charge is 0.326 e. The van der Waals surface area contributed by atoms with Gasteiger partial charge in [0.1, 0.15) is 12.3 Å². The molecule has 1 aliphatic heterocycles. The average molecular weight is 388 g/mol. The van der Waals surface area contributed by atoms with Gasteiger partial charge in [0.15, 0.2) is 0 Å². The van der Waals surface area contributed by atoms with E-state index in [1.54, 1.807) is 19.3 Å². The van der Waals surface area contributed by atoms with Gasteiger partial charge in [-0.2, -0.15) is 0 Å². The topological polar surface area (TPSA) is 81.8 Å². The van der Waals surface area contributed by atoms with Crippen LogP contribution in [0, 0.1) is 13.8 Å². The summed E-state index contributed by atoms with van der Waals surface area (Å²) in [6.45, 7) is 6.01. The predicted octanol–water partition coefficient (Wildman–Crippen LogP) is 3.35. The second-order valence-corrected chi connectivity index (χ2v) is 7.06. The highest BCUT2D eigenvalue weighted by Gasteiger charge is 2.36. The number of carbonyl (C=O) groups excluding carboxylic acids is 3. The monoisotopic (exact) mass is 388 g/mol. The molecule has 1 aliphatic rings. The molecule has 0 atom stereocenters. The second-order valence-electron chi connectivity index (χ2n) is 6.06. The van der Waals surface area contributed by atoms with Crippen molar-refractivity contribution in [3.8, 4) is 0 Å². The van der Waals surface area contributed by atoms with Crippen LogP contribution >= 0.6 is 11.8 Å². The number of hydrogen-bond acceptors (Lipinski definition) is 6. The van der Waals surface area contributed by atoms with E-state index in [1.165, 1.54) is 0 Å². The number of aromatic nitrogens is 1. The highest BCUT2D eigenvalue weighted by Crippen LogP contribution is 2.33. The zero-order chi connectivity index (χ0) is 19.6. The Balaban J connectivity index is 1.81. The third-order valence-electron chi connectivity index (χ3n) is 4.26. The van der Waals surface area contributed by atoms with Crippen molar-refractivity contribution in [1.29, 1.82) is 0 Å². The fraction of sp³-hybridized carbons (Fsp3) is 0.316. The summed E-state index contributed by atoms with van der Waals surface area (Å²) in [5.41, 5.74) is 2.82. The first-order chi connectivity index (χ1) is 12.9. The summed E-state index contributed by atoms with van der Waals surface area (Å²) in [5, 5.41) is -0.469. The van der Waals surface area contributed by atoms with Gasteiger partial charge >= 0.3 is 5.97 Å². The highest BCUT2D eigenvalue weighted by atomic mass is 32.2. The summed E-state index contributed by atoms with van der Waals surface area (Å²) in [7, 11) is 0. The number of esters is 1. The molecule has 0 saturated carbocycles. The van der Waals surface area contributed by atoms with Crippen molar-refractivity contribution in [2.45, 2.75) is 27.3 Å². The standard InChI is InChI=1S/C19H20N2O5S/c1-4-25-17(22)11-21-18(23)16(27-19(21)24)9-14-8-12(2)20(13(14)3)10-15-6-5-7-26-15/h5-9H,4,10-11H2,1-3H3/b16-9-. The van der Waals surface area contributed by atoms with Gasteiger partial charge in [-0.05, 0) is 62.4 Å². The Morgan fingerprint density at radius 3 is 2.78 bits per heavy atom. The maximum atomic E-state index is 12.5. The van der Waals surface area contributed by atoms with Crippen molar-refractivity contribution in [3.05, 3.63) is 52.1 Å². The van der Waals surface area contributed by atoms with E-state index >= 15 is 0 Å². The number of furan rings is 1. The maximum absolute atomic E-state index is 12.5. The third-order valence-corrected chi connectivity index (χ3v) is 5.17. The SMILES string of the molecule is CCOC(=O)CN1C(=O)S/C(=C\c2cc(C)n(Cc3ccco3)c2C)C1=O. The van der Waals surface area contributed by atoms with Crippen LogP contribution in [0.2, 0.25) is 0 Å². The van der Waals surface area contributed by atoms with Crippen LogP contribution in [0.5, 0.6) is 0 Å². The molecule has 1 fully saturated rings. The van der Waals surface area contributed by atoms with Gasteiger partial charge in [0.25, 0.3) is 11.1 Å². The van der Waals surface area contributed by atoms with E-state index in [2.05, 4.69) is 4.57 Å². The van der Waals surface area contributed by atoms with Gasteiger partial charge in [-0.1, -0.05) is 0 Å². The van der Waals surface area contributed by atoms with Crippen molar-refractivity contribution in [2.75, 3.05) is 13.2 Å². The number of carbonyl (C=O) groups is 3. The first kappa shape index (κ1) is 19.0. The Bertz CT molecular complexity index is 911. The van der Waals surface area contributed by atoms with Crippen LogP contribution in [0.25, 0.3) is 6.08 Å². The molecule has 1 saturated heterocycles. The van der Waals surface area contributed by atoms with E-state index in [0.29, 0.717) is 11.4 Å². The minimum Gasteiger partial charge on any atom is -0.467 e. The van der Waals surface area contributed by atoms with Crippen LogP contribution in [0.1, 0.15) is 29.6 Å². The zero-order valence-electron chi connectivity index (χ0n) is 15.4. The molecule has 0 aliphatic carbocycles. The number of thioether (sulfide) groups is 1. The third kappa shape index (κ3) is 4.00. The Hall–Kier alpha value is -2.74. The predicted molar refractivity (Wildman–Crippen MR) is 101 cm³/mol. The van der Waals surface area contributed by atoms with Crippen molar-refractivity contribution in [1.82, 2.24) is 9.47 Å². The summed E-state index contributed by atoms with van der Waals surface area (Å²) < 4.78 is 12.3. The Labute approximate surface area is 161 Å². The first-order valence-corrected chi connectivity index (χ1v) is 9.32. The summed E-state index contributed by atoms with van der Waals surface area (Å²) in [6, 6.07) is 5.70. The molecular weight excluding hydrogens is 368 g/mol. The van der Waals surface area contributed by atoms with Gasteiger partial charge in [0.2, 0.25) is 0 Å². The molecule has 2 aromatic rings. The van der Waals surface area contributed by atoms with Crippen LogP contribution in [-0.2, 0) is 20.9 Å². The fourth-order valence-electron chi connectivity index (χ4n) is 2.89. The number of aryl methyl sites for hydroxylation is 1. The number of rotatable bonds is 6. The Kier molecular flexibility index (Phi) is 5.55. The van der Waals surface area contributed by atoms with E-state index in [0.717, 1.165) is 39.4 Å². The molecule has 0 spiro atoms. The van der Waals surface area contributed by atoms with Crippen LogP contribution in [0.4, 0.5) is 4.79 Å². The molecular formula is C19H20N2O5S. The fourth-order valence-corrected chi connectivity index (χ4v) is 3.72. The molecule has 27 heavy (non-hydrogen) atoms. The van der Waals surface area contributed by atoms with Crippen LogP contribution in [-0.4, -0.2) is 39.7 Å². The molecule has 3 heterocycles. The van der Waals surface area contributed by atoms with E-state index < -0.39 is 17.1 Å². The number of ether oxygens (including phenoxy) is 1. The minimum atomic E-state index is -0.599. The van der Waals surface area contributed by atoms with Gasteiger partial charge in [-0.25, -0.2) is 0 Å². The van der Waals surface area contributed by atoms with Crippen molar-refractivity contribution in [3.63, 3.8) is 0 Å². The summed E-state index contributed by atoms with van der Waals surface area (Å²) in [6.07, 6.45) is 3.32. The van der Waals surface area contributed by atoms with Crippen molar-refractivity contribution < 1.29 is 23.5 Å². The highest BCUT2D eigenvalue weighted by molar-refractivity contribution is 8.18. The Morgan fingerprint density at radius 2 is 2.11 bits per heavy atom. The second kappa shape index (κ2) is 7.87. The summed E-state index contributed by atoms with van der Waals surface area (Å²) in [5.74, 6) is -0.246. The molecule has 7 nitrogen and oxygen atoms in total.